The summed E-state index contributed by atoms with van der Waals surface area (Å²) in [5.41, 5.74) is 0.942. The standard InChI is InChI=1S/C18H26O3/c1-3-16(18(20)17-12-8-6-9-13-17)11-7-4-5-10-14-21-15(2)19/h3,6,8-9,12-13,16,18,20H,1,4-5,7,10-11,14H2,2H3. The van der Waals surface area contributed by atoms with Gasteiger partial charge in [0.15, 0.2) is 0 Å². The molecule has 0 spiro atoms. The van der Waals surface area contributed by atoms with Gasteiger partial charge in [-0.15, -0.1) is 6.58 Å². The first kappa shape index (κ1) is 17.4. The number of aliphatic hydroxyl groups excluding tert-OH is 1. The van der Waals surface area contributed by atoms with Crippen LogP contribution in [0.25, 0.3) is 0 Å². The number of benzene rings is 1. The van der Waals surface area contributed by atoms with Gasteiger partial charge in [0.25, 0.3) is 0 Å². The molecule has 21 heavy (non-hydrogen) atoms. The van der Waals surface area contributed by atoms with Gasteiger partial charge in [0.1, 0.15) is 0 Å². The molecule has 0 fully saturated rings. The van der Waals surface area contributed by atoms with E-state index in [1.54, 1.807) is 0 Å². The molecular weight excluding hydrogens is 264 g/mol. The number of aliphatic hydroxyl groups is 1. The molecule has 0 radical (unpaired) electrons. The van der Waals surface area contributed by atoms with Crippen molar-refractivity contribution in [3.05, 3.63) is 48.6 Å². The van der Waals surface area contributed by atoms with Crippen molar-refractivity contribution in [1.29, 1.82) is 0 Å². The molecule has 0 amide bonds. The lowest BCUT2D eigenvalue weighted by Gasteiger charge is -2.20. The number of rotatable bonds is 10. The molecule has 0 aromatic heterocycles. The molecule has 1 N–H and O–H groups in total. The maximum Gasteiger partial charge on any atom is 0.302 e. The van der Waals surface area contributed by atoms with Crippen LogP contribution in [0.5, 0.6) is 0 Å². The van der Waals surface area contributed by atoms with Crippen molar-refractivity contribution in [1.82, 2.24) is 0 Å². The van der Waals surface area contributed by atoms with E-state index in [0.717, 1.165) is 37.7 Å². The van der Waals surface area contributed by atoms with E-state index in [4.69, 9.17) is 4.74 Å². The predicted molar refractivity (Wildman–Crippen MR) is 84.8 cm³/mol. The highest BCUT2D eigenvalue weighted by Gasteiger charge is 2.17. The molecule has 0 aliphatic carbocycles. The molecule has 2 atom stereocenters. The highest BCUT2D eigenvalue weighted by Crippen LogP contribution is 2.27. The van der Waals surface area contributed by atoms with E-state index >= 15 is 0 Å². The van der Waals surface area contributed by atoms with Gasteiger partial charge in [0.05, 0.1) is 12.7 Å². The zero-order chi connectivity index (χ0) is 15.5. The van der Waals surface area contributed by atoms with Gasteiger partial charge in [0, 0.05) is 12.8 Å². The minimum absolute atomic E-state index is 0.0841. The van der Waals surface area contributed by atoms with Crippen LogP contribution in [0.3, 0.4) is 0 Å². The molecule has 1 rings (SSSR count). The molecule has 3 heteroatoms. The number of carbonyl (C=O) groups is 1. The van der Waals surface area contributed by atoms with Crippen LogP contribution in [0.1, 0.15) is 50.7 Å². The third kappa shape index (κ3) is 7.09. The van der Waals surface area contributed by atoms with Crippen LogP contribution in [0.2, 0.25) is 0 Å². The average molecular weight is 290 g/mol. The summed E-state index contributed by atoms with van der Waals surface area (Å²) in [6.45, 7) is 5.77. The van der Waals surface area contributed by atoms with E-state index in [2.05, 4.69) is 6.58 Å². The highest BCUT2D eigenvalue weighted by molar-refractivity contribution is 5.65. The Hall–Kier alpha value is -1.61. The van der Waals surface area contributed by atoms with Crippen molar-refractivity contribution >= 4 is 5.97 Å². The second-order valence-electron chi connectivity index (χ2n) is 5.30. The Kier molecular flexibility index (Phi) is 8.44. The summed E-state index contributed by atoms with van der Waals surface area (Å²) in [5.74, 6) is -0.131. The minimum atomic E-state index is -0.482. The first-order chi connectivity index (χ1) is 10.1. The van der Waals surface area contributed by atoms with Crippen LogP contribution < -0.4 is 0 Å². The third-order valence-corrected chi connectivity index (χ3v) is 3.59. The molecule has 0 aliphatic heterocycles. The van der Waals surface area contributed by atoms with Crippen molar-refractivity contribution in [2.24, 2.45) is 5.92 Å². The highest BCUT2D eigenvalue weighted by atomic mass is 16.5. The zero-order valence-corrected chi connectivity index (χ0v) is 12.8. The summed E-state index contributed by atoms with van der Waals surface area (Å²) >= 11 is 0. The van der Waals surface area contributed by atoms with E-state index in [-0.39, 0.29) is 11.9 Å². The van der Waals surface area contributed by atoms with Gasteiger partial charge in [-0.2, -0.15) is 0 Å². The Labute approximate surface area is 127 Å². The van der Waals surface area contributed by atoms with Gasteiger partial charge in [-0.3, -0.25) is 4.79 Å². The molecule has 0 heterocycles. The number of esters is 1. The Bertz CT molecular complexity index is 414. The Morgan fingerprint density at radius 2 is 1.90 bits per heavy atom. The lowest BCUT2D eigenvalue weighted by atomic mass is 9.91. The normalized spacial score (nSPS) is 13.4. The first-order valence-corrected chi connectivity index (χ1v) is 7.64. The van der Waals surface area contributed by atoms with Crippen LogP contribution in [-0.2, 0) is 9.53 Å². The SMILES string of the molecule is C=CC(CCCCCCOC(C)=O)C(O)c1ccccc1. The lowest BCUT2D eigenvalue weighted by Crippen LogP contribution is -2.10. The maximum absolute atomic E-state index is 10.6. The molecule has 1 aromatic carbocycles. The first-order valence-electron chi connectivity index (χ1n) is 7.64. The third-order valence-electron chi connectivity index (χ3n) is 3.59. The minimum Gasteiger partial charge on any atom is -0.466 e. The van der Waals surface area contributed by atoms with Gasteiger partial charge in [-0.05, 0) is 18.4 Å². The molecule has 2 unspecified atom stereocenters. The van der Waals surface area contributed by atoms with Crippen molar-refractivity contribution in [2.75, 3.05) is 6.61 Å². The van der Waals surface area contributed by atoms with Crippen LogP contribution in [0.4, 0.5) is 0 Å². The second-order valence-corrected chi connectivity index (χ2v) is 5.30. The molecule has 0 aliphatic rings. The molecule has 0 saturated heterocycles. The molecule has 3 nitrogen and oxygen atoms in total. The van der Waals surface area contributed by atoms with Crippen LogP contribution >= 0.6 is 0 Å². The summed E-state index contributed by atoms with van der Waals surface area (Å²) in [4.78, 5) is 10.6. The van der Waals surface area contributed by atoms with E-state index in [0.29, 0.717) is 6.61 Å². The summed E-state index contributed by atoms with van der Waals surface area (Å²) in [7, 11) is 0. The topological polar surface area (TPSA) is 46.5 Å². The number of ether oxygens (including phenoxy) is 1. The van der Waals surface area contributed by atoms with Gasteiger partial charge in [-0.25, -0.2) is 0 Å². The smallest absolute Gasteiger partial charge is 0.302 e. The Balaban J connectivity index is 2.22. The fourth-order valence-electron chi connectivity index (χ4n) is 2.35. The monoisotopic (exact) mass is 290 g/mol. The summed E-state index contributed by atoms with van der Waals surface area (Å²) in [6, 6.07) is 9.71. The number of unbranched alkanes of at least 4 members (excludes halogenated alkanes) is 3. The van der Waals surface area contributed by atoms with E-state index < -0.39 is 6.10 Å². The second kappa shape index (κ2) is 10.2. The van der Waals surface area contributed by atoms with Crippen molar-refractivity contribution in [2.45, 2.75) is 45.1 Å². The number of hydrogen-bond donors (Lipinski definition) is 1. The fourth-order valence-corrected chi connectivity index (χ4v) is 2.35. The fraction of sp³-hybridized carbons (Fsp3) is 0.500. The van der Waals surface area contributed by atoms with Gasteiger partial charge >= 0.3 is 5.97 Å². The Morgan fingerprint density at radius 3 is 2.52 bits per heavy atom. The van der Waals surface area contributed by atoms with Crippen molar-refractivity contribution < 1.29 is 14.6 Å². The summed E-state index contributed by atoms with van der Waals surface area (Å²) in [5, 5.41) is 10.4. The van der Waals surface area contributed by atoms with Crippen LogP contribution in [0, 0.1) is 5.92 Å². The largest absolute Gasteiger partial charge is 0.466 e. The van der Waals surface area contributed by atoms with Crippen LogP contribution in [-0.4, -0.2) is 17.7 Å². The van der Waals surface area contributed by atoms with Crippen molar-refractivity contribution in [3.63, 3.8) is 0 Å². The van der Waals surface area contributed by atoms with Gasteiger partial charge < -0.3 is 9.84 Å². The number of hydrogen-bond acceptors (Lipinski definition) is 3. The van der Waals surface area contributed by atoms with Crippen LogP contribution in [0.15, 0.2) is 43.0 Å². The summed E-state index contributed by atoms with van der Waals surface area (Å²) < 4.78 is 4.89. The van der Waals surface area contributed by atoms with E-state index in [1.807, 2.05) is 36.4 Å². The quantitative estimate of drug-likeness (QED) is 0.402. The molecule has 0 bridgehead atoms. The molecule has 0 saturated carbocycles. The van der Waals surface area contributed by atoms with Crippen molar-refractivity contribution in [3.8, 4) is 0 Å². The average Bonchev–Trinajstić information content (AvgIpc) is 2.50. The Morgan fingerprint density at radius 1 is 1.24 bits per heavy atom. The molecule has 1 aromatic rings. The maximum atomic E-state index is 10.6. The molecule has 116 valence electrons. The van der Waals surface area contributed by atoms with E-state index in [1.165, 1.54) is 6.92 Å². The lowest BCUT2D eigenvalue weighted by molar-refractivity contribution is -0.141. The number of carbonyl (C=O) groups excluding carboxylic acids is 1. The molecular formula is C18H26O3. The van der Waals surface area contributed by atoms with Gasteiger partial charge in [0.2, 0.25) is 0 Å². The van der Waals surface area contributed by atoms with E-state index in [9.17, 15) is 9.90 Å². The zero-order valence-electron chi connectivity index (χ0n) is 12.8. The predicted octanol–water partition coefficient (Wildman–Crippen LogP) is 4.04. The summed E-state index contributed by atoms with van der Waals surface area (Å²) in [6.07, 6.45) is 6.35. The van der Waals surface area contributed by atoms with Gasteiger partial charge in [-0.1, -0.05) is 55.7 Å².